The number of fused-ring (bicyclic) bond motifs is 1. The van der Waals surface area contributed by atoms with Gasteiger partial charge in [-0.3, -0.25) is 0 Å². The lowest BCUT2D eigenvalue weighted by molar-refractivity contribution is 0.492. The van der Waals surface area contributed by atoms with Crippen molar-refractivity contribution in [1.29, 1.82) is 0 Å². The molecule has 0 atom stereocenters. The molecule has 0 heterocycles. The molecule has 3 heteroatoms. The van der Waals surface area contributed by atoms with Gasteiger partial charge in [0.05, 0.1) is 0 Å². The zero-order valence-corrected chi connectivity index (χ0v) is 16.6. The average molecular weight is 340 g/mol. The van der Waals surface area contributed by atoms with Crippen LogP contribution < -0.4 is 9.74 Å². The summed E-state index contributed by atoms with van der Waals surface area (Å²) >= 11 is 0. The predicted molar refractivity (Wildman–Crippen MR) is 106 cm³/mol. The number of nitrogens with one attached hydrogen (secondary N) is 1. The Bertz CT molecular complexity index is 714. The molecule has 3 rings (SSSR count). The van der Waals surface area contributed by atoms with Crippen LogP contribution in [-0.4, -0.2) is 8.32 Å². The molecule has 2 aromatic rings. The molecule has 0 saturated carbocycles. The summed E-state index contributed by atoms with van der Waals surface area (Å²) in [5.74, 6) is 0.973. The van der Waals surface area contributed by atoms with Crippen molar-refractivity contribution in [3.05, 3.63) is 53.6 Å². The largest absolute Gasteiger partial charge is 0.544 e. The van der Waals surface area contributed by atoms with Crippen LogP contribution in [0.2, 0.25) is 18.1 Å². The normalized spacial score (nSPS) is 14.4. The summed E-state index contributed by atoms with van der Waals surface area (Å²) in [6.45, 7) is 11.4. The van der Waals surface area contributed by atoms with Gasteiger partial charge < -0.3 is 9.74 Å². The number of benzene rings is 2. The SMILES string of the molecule is CC(C)(C)[Si](C)(C)Oc1ccc(Nc2ccc3c(c2)CCC3)cc1. The van der Waals surface area contributed by atoms with Crippen molar-refractivity contribution in [2.24, 2.45) is 0 Å². The van der Waals surface area contributed by atoms with Gasteiger partial charge in [-0.15, -0.1) is 0 Å². The zero-order chi connectivity index (χ0) is 17.4. The fourth-order valence-electron chi connectivity index (χ4n) is 2.87. The summed E-state index contributed by atoms with van der Waals surface area (Å²) in [4.78, 5) is 0. The standard InChI is InChI=1S/C21H29NOSi/c1-21(2,3)24(4,5)23-20-13-11-18(12-14-20)22-19-10-9-16-7-6-8-17(16)15-19/h9-15,22H,6-8H2,1-5H3. The minimum Gasteiger partial charge on any atom is -0.544 e. The van der Waals surface area contributed by atoms with Gasteiger partial charge in [-0.1, -0.05) is 26.8 Å². The third-order valence-electron chi connectivity index (χ3n) is 5.42. The Morgan fingerprint density at radius 3 is 2.17 bits per heavy atom. The van der Waals surface area contributed by atoms with Crippen LogP contribution in [0.3, 0.4) is 0 Å². The van der Waals surface area contributed by atoms with Crippen LogP contribution in [0.25, 0.3) is 0 Å². The third kappa shape index (κ3) is 3.67. The number of hydrogen-bond acceptors (Lipinski definition) is 2. The lowest BCUT2D eigenvalue weighted by Crippen LogP contribution is -2.43. The van der Waals surface area contributed by atoms with Gasteiger partial charge in [0, 0.05) is 11.4 Å². The summed E-state index contributed by atoms with van der Waals surface area (Å²) in [6.07, 6.45) is 3.73. The number of anilines is 2. The van der Waals surface area contributed by atoms with E-state index in [4.69, 9.17) is 4.43 Å². The minimum absolute atomic E-state index is 0.217. The summed E-state index contributed by atoms with van der Waals surface area (Å²) < 4.78 is 6.34. The first-order chi connectivity index (χ1) is 11.2. The Labute approximate surface area is 147 Å². The molecule has 0 unspecified atom stereocenters. The molecule has 0 radical (unpaired) electrons. The van der Waals surface area contributed by atoms with E-state index in [9.17, 15) is 0 Å². The maximum atomic E-state index is 6.34. The molecular weight excluding hydrogens is 310 g/mol. The molecule has 0 aliphatic heterocycles. The fraction of sp³-hybridized carbons (Fsp3) is 0.429. The molecule has 2 aromatic carbocycles. The number of hydrogen-bond donors (Lipinski definition) is 1. The summed E-state index contributed by atoms with van der Waals surface area (Å²) in [6, 6.07) is 15.1. The second-order valence-corrected chi connectivity index (χ2v) is 13.1. The van der Waals surface area contributed by atoms with Crippen LogP contribution >= 0.6 is 0 Å². The average Bonchev–Trinajstić information content (AvgIpc) is 2.95. The van der Waals surface area contributed by atoms with Crippen LogP contribution in [0, 0.1) is 0 Å². The Balaban J connectivity index is 1.69. The highest BCUT2D eigenvalue weighted by Crippen LogP contribution is 2.37. The fourth-order valence-corrected chi connectivity index (χ4v) is 3.90. The number of aryl methyl sites for hydroxylation is 2. The minimum atomic E-state index is -1.77. The van der Waals surface area contributed by atoms with Crippen LogP contribution in [0.5, 0.6) is 5.75 Å². The highest BCUT2D eigenvalue weighted by atomic mass is 28.4. The van der Waals surface area contributed by atoms with E-state index < -0.39 is 8.32 Å². The van der Waals surface area contributed by atoms with Gasteiger partial charge in [0.2, 0.25) is 8.32 Å². The molecule has 0 spiro atoms. The maximum absolute atomic E-state index is 6.34. The van der Waals surface area contributed by atoms with Crippen LogP contribution in [0.1, 0.15) is 38.3 Å². The van der Waals surface area contributed by atoms with E-state index in [2.05, 4.69) is 81.6 Å². The summed E-state index contributed by atoms with van der Waals surface area (Å²) in [5, 5.41) is 3.73. The van der Waals surface area contributed by atoms with Gasteiger partial charge in [0.15, 0.2) is 0 Å². The second kappa shape index (κ2) is 6.28. The topological polar surface area (TPSA) is 21.3 Å². The molecule has 0 fully saturated rings. The van der Waals surface area contributed by atoms with Gasteiger partial charge in [-0.05, 0) is 84.9 Å². The van der Waals surface area contributed by atoms with Crippen molar-refractivity contribution in [2.45, 2.75) is 58.2 Å². The van der Waals surface area contributed by atoms with Gasteiger partial charge in [0.25, 0.3) is 0 Å². The Hall–Kier alpha value is -1.74. The van der Waals surface area contributed by atoms with E-state index in [-0.39, 0.29) is 5.04 Å². The molecule has 24 heavy (non-hydrogen) atoms. The van der Waals surface area contributed by atoms with Crippen molar-refractivity contribution in [3.8, 4) is 5.75 Å². The lowest BCUT2D eigenvalue weighted by atomic mass is 10.1. The highest BCUT2D eigenvalue weighted by molar-refractivity contribution is 6.74. The zero-order valence-electron chi connectivity index (χ0n) is 15.6. The maximum Gasteiger partial charge on any atom is 0.250 e. The monoisotopic (exact) mass is 339 g/mol. The molecule has 0 aromatic heterocycles. The van der Waals surface area contributed by atoms with Crippen molar-refractivity contribution >= 4 is 19.7 Å². The predicted octanol–water partition coefficient (Wildman–Crippen LogP) is 6.30. The van der Waals surface area contributed by atoms with Crippen molar-refractivity contribution in [2.75, 3.05) is 5.32 Å². The Kier molecular flexibility index (Phi) is 4.48. The lowest BCUT2D eigenvalue weighted by Gasteiger charge is -2.36. The van der Waals surface area contributed by atoms with E-state index in [1.807, 2.05) is 0 Å². The quantitative estimate of drug-likeness (QED) is 0.660. The van der Waals surface area contributed by atoms with Gasteiger partial charge in [-0.25, -0.2) is 0 Å². The molecule has 2 nitrogen and oxygen atoms in total. The van der Waals surface area contributed by atoms with Crippen molar-refractivity contribution < 1.29 is 4.43 Å². The first kappa shape index (κ1) is 17.1. The second-order valence-electron chi connectivity index (χ2n) is 8.35. The van der Waals surface area contributed by atoms with Crippen molar-refractivity contribution in [3.63, 3.8) is 0 Å². The molecule has 0 bridgehead atoms. The van der Waals surface area contributed by atoms with E-state index in [1.54, 1.807) is 0 Å². The van der Waals surface area contributed by atoms with Gasteiger partial charge in [0.1, 0.15) is 5.75 Å². The molecule has 1 aliphatic rings. The first-order valence-electron chi connectivity index (χ1n) is 8.92. The van der Waals surface area contributed by atoms with Gasteiger partial charge >= 0.3 is 0 Å². The first-order valence-corrected chi connectivity index (χ1v) is 11.8. The highest BCUT2D eigenvalue weighted by Gasteiger charge is 2.38. The molecule has 0 saturated heterocycles. The molecule has 128 valence electrons. The van der Waals surface area contributed by atoms with E-state index >= 15 is 0 Å². The molecular formula is C21H29NOSi. The Morgan fingerprint density at radius 2 is 1.50 bits per heavy atom. The third-order valence-corrected chi connectivity index (χ3v) is 9.78. The van der Waals surface area contributed by atoms with Crippen LogP contribution in [-0.2, 0) is 12.8 Å². The van der Waals surface area contributed by atoms with Crippen LogP contribution in [0.15, 0.2) is 42.5 Å². The summed E-state index contributed by atoms with van der Waals surface area (Å²) in [7, 11) is -1.77. The van der Waals surface area contributed by atoms with E-state index in [1.165, 1.54) is 36.1 Å². The molecule has 1 N–H and O–H groups in total. The Morgan fingerprint density at radius 1 is 0.875 bits per heavy atom. The van der Waals surface area contributed by atoms with Crippen molar-refractivity contribution in [1.82, 2.24) is 0 Å². The van der Waals surface area contributed by atoms with E-state index in [0.29, 0.717) is 0 Å². The van der Waals surface area contributed by atoms with Gasteiger partial charge in [-0.2, -0.15) is 0 Å². The van der Waals surface area contributed by atoms with Crippen LogP contribution in [0.4, 0.5) is 11.4 Å². The molecule has 1 aliphatic carbocycles. The number of rotatable bonds is 4. The molecule has 0 amide bonds. The smallest absolute Gasteiger partial charge is 0.250 e. The summed E-state index contributed by atoms with van der Waals surface area (Å²) in [5.41, 5.74) is 5.29. The van der Waals surface area contributed by atoms with E-state index in [0.717, 1.165) is 11.4 Å².